The number of para-hydroxylation sites is 1. The summed E-state index contributed by atoms with van der Waals surface area (Å²) < 4.78 is 27.8. The fourth-order valence-electron chi connectivity index (χ4n) is 2.94. The molecule has 0 aliphatic carbocycles. The van der Waals surface area contributed by atoms with Crippen molar-refractivity contribution in [2.45, 2.75) is 31.7 Å². The summed E-state index contributed by atoms with van der Waals surface area (Å²) in [6, 6.07) is 11.6. The highest BCUT2D eigenvalue weighted by Gasteiger charge is 2.26. The Labute approximate surface area is 164 Å². The van der Waals surface area contributed by atoms with Crippen LogP contribution in [0.25, 0.3) is 10.2 Å². The van der Waals surface area contributed by atoms with Crippen LogP contribution in [0.3, 0.4) is 0 Å². The van der Waals surface area contributed by atoms with E-state index in [2.05, 4.69) is 22.9 Å². The molecular weight excluding hydrogens is 380 g/mol. The van der Waals surface area contributed by atoms with Gasteiger partial charge >= 0.3 is 0 Å². The summed E-state index contributed by atoms with van der Waals surface area (Å²) in [5, 5.41) is 1.02. The molecular formula is C19H25N4O2S2+. The fraction of sp³-hybridized carbons (Fsp3) is 0.368. The maximum atomic E-state index is 12.6. The Morgan fingerprint density at radius 3 is 2.44 bits per heavy atom. The van der Waals surface area contributed by atoms with E-state index in [1.807, 2.05) is 39.1 Å². The average molecular weight is 406 g/mol. The molecule has 6 nitrogen and oxygen atoms in total. The molecule has 0 unspecified atom stereocenters. The molecule has 144 valence electrons. The number of nitrogens with one attached hydrogen (secondary N) is 1. The van der Waals surface area contributed by atoms with Gasteiger partial charge < -0.3 is 0 Å². The van der Waals surface area contributed by atoms with Crippen LogP contribution in [0.1, 0.15) is 31.8 Å². The molecule has 1 aromatic carbocycles. The Morgan fingerprint density at radius 1 is 1.15 bits per heavy atom. The number of sulfonamides is 1. The minimum absolute atomic E-state index is 0.0592. The molecule has 0 bridgehead atoms. The second-order valence-corrected chi connectivity index (χ2v) is 9.31. The predicted molar refractivity (Wildman–Crippen MR) is 110 cm³/mol. The van der Waals surface area contributed by atoms with Gasteiger partial charge in [0.1, 0.15) is 22.1 Å². The van der Waals surface area contributed by atoms with E-state index < -0.39 is 10.0 Å². The summed E-state index contributed by atoms with van der Waals surface area (Å²) in [4.78, 5) is 10.2. The lowest BCUT2D eigenvalue weighted by atomic mass is 10.3. The zero-order valence-electron chi connectivity index (χ0n) is 16.0. The number of H-pyrrole nitrogens is 1. The van der Waals surface area contributed by atoms with Crippen molar-refractivity contribution < 1.29 is 13.4 Å². The average Bonchev–Trinajstić information content (AvgIpc) is 3.12. The van der Waals surface area contributed by atoms with Crippen molar-refractivity contribution in [2.24, 2.45) is 0 Å². The number of fused-ring (bicyclic) bond motifs is 1. The van der Waals surface area contributed by atoms with Crippen molar-refractivity contribution in [3.05, 3.63) is 47.6 Å². The number of aromatic nitrogens is 2. The van der Waals surface area contributed by atoms with Gasteiger partial charge in [-0.1, -0.05) is 26.0 Å². The Morgan fingerprint density at radius 2 is 1.85 bits per heavy atom. The van der Waals surface area contributed by atoms with Gasteiger partial charge in [-0.25, -0.2) is 18.4 Å². The first-order valence-corrected chi connectivity index (χ1v) is 11.2. The van der Waals surface area contributed by atoms with Gasteiger partial charge in [-0.3, -0.25) is 4.90 Å². The molecule has 0 aliphatic rings. The summed E-state index contributed by atoms with van der Waals surface area (Å²) in [6.45, 7) is 6.68. The van der Waals surface area contributed by atoms with Crippen LogP contribution in [0, 0.1) is 0 Å². The Kier molecular flexibility index (Phi) is 5.78. The number of nitrogens with zero attached hydrogens (tertiary/aromatic N) is 3. The van der Waals surface area contributed by atoms with E-state index in [-0.39, 0.29) is 10.9 Å². The molecule has 0 amide bonds. The van der Waals surface area contributed by atoms with Crippen LogP contribution in [0.4, 0.5) is 5.82 Å². The van der Waals surface area contributed by atoms with Crippen molar-refractivity contribution in [1.82, 2.24) is 9.29 Å². The molecule has 0 saturated carbocycles. The maximum Gasteiger partial charge on any atom is 0.274 e. The van der Waals surface area contributed by atoms with Crippen LogP contribution in [0.2, 0.25) is 0 Å². The first-order valence-electron chi connectivity index (χ1n) is 8.98. The number of pyridine rings is 1. The normalized spacial score (nSPS) is 13.2. The number of rotatable bonds is 7. The second kappa shape index (κ2) is 7.92. The zero-order valence-corrected chi connectivity index (χ0v) is 17.6. The first-order chi connectivity index (χ1) is 12.9. The maximum absolute atomic E-state index is 12.6. The quantitative estimate of drug-likeness (QED) is 0.605. The number of anilines is 1. The number of hydrogen-bond acceptors (Lipinski definition) is 5. The van der Waals surface area contributed by atoms with Crippen molar-refractivity contribution in [1.29, 1.82) is 0 Å². The van der Waals surface area contributed by atoms with Crippen LogP contribution in [-0.2, 0) is 10.0 Å². The van der Waals surface area contributed by atoms with E-state index in [9.17, 15) is 8.42 Å². The third-order valence-electron chi connectivity index (χ3n) is 4.74. The van der Waals surface area contributed by atoms with Crippen molar-refractivity contribution in [3.8, 4) is 0 Å². The van der Waals surface area contributed by atoms with Crippen molar-refractivity contribution >= 4 is 37.4 Å². The molecule has 0 saturated heterocycles. The zero-order chi connectivity index (χ0) is 19.6. The summed E-state index contributed by atoms with van der Waals surface area (Å²) >= 11 is 1.68. The molecule has 3 rings (SSSR count). The van der Waals surface area contributed by atoms with Crippen LogP contribution in [0.15, 0.2) is 47.5 Å². The molecule has 0 radical (unpaired) electrons. The molecule has 3 aromatic rings. The number of aromatic amines is 1. The molecule has 2 heterocycles. The van der Waals surface area contributed by atoms with Crippen LogP contribution in [-0.4, -0.2) is 37.8 Å². The van der Waals surface area contributed by atoms with Gasteiger partial charge in [0.2, 0.25) is 10.0 Å². The standard InChI is InChI=1S/C19H24N4O2S2/c1-5-23(6-2)27(24,25)15-11-12-18(20-13-15)22(4)14(3)19-21-16-9-7-8-10-17(16)26-19/h7-14H,5-6H2,1-4H3/p+1/t14-/m1/s1. The summed E-state index contributed by atoms with van der Waals surface area (Å²) in [5.74, 6) is 0.834. The molecule has 1 atom stereocenters. The Hall–Kier alpha value is -2.03. The number of thiazole rings is 1. The van der Waals surface area contributed by atoms with E-state index in [0.29, 0.717) is 13.1 Å². The predicted octanol–water partition coefficient (Wildman–Crippen LogP) is 3.34. The van der Waals surface area contributed by atoms with Gasteiger partial charge in [0.25, 0.3) is 5.82 Å². The van der Waals surface area contributed by atoms with Gasteiger partial charge in [0.15, 0.2) is 0 Å². The lowest BCUT2D eigenvalue weighted by Gasteiger charge is -2.19. The third kappa shape index (κ3) is 3.83. The summed E-state index contributed by atoms with van der Waals surface area (Å²) in [6.07, 6.45) is 1.56. The van der Waals surface area contributed by atoms with Crippen molar-refractivity contribution in [3.63, 3.8) is 0 Å². The van der Waals surface area contributed by atoms with Gasteiger partial charge in [0.05, 0.1) is 17.3 Å². The highest BCUT2D eigenvalue weighted by atomic mass is 32.2. The molecule has 1 N–H and O–H groups in total. The van der Waals surface area contributed by atoms with Gasteiger partial charge in [-0.15, -0.1) is 11.3 Å². The highest BCUT2D eigenvalue weighted by Crippen LogP contribution is 2.30. The van der Waals surface area contributed by atoms with E-state index in [4.69, 9.17) is 4.98 Å². The Bertz CT molecular complexity index is 979. The summed E-state index contributed by atoms with van der Waals surface area (Å²) in [7, 11) is -1.49. The largest absolute Gasteiger partial charge is 0.274 e. The first kappa shape index (κ1) is 19.7. The lowest BCUT2D eigenvalue weighted by molar-refractivity contribution is -0.367. The molecule has 0 spiro atoms. The topological polar surface area (TPSA) is 67.7 Å². The SMILES string of the molecule is CCN(CC)S(=O)(=O)c1ccc(N(C)[C@H](C)c2nc3ccccc3s2)[nH+]c1. The van der Waals surface area contributed by atoms with Gasteiger partial charge in [-0.2, -0.15) is 4.31 Å². The van der Waals surface area contributed by atoms with E-state index in [0.717, 1.165) is 21.0 Å². The van der Waals surface area contributed by atoms with Crippen LogP contribution >= 0.6 is 11.3 Å². The molecule has 0 fully saturated rings. The Balaban J connectivity index is 1.83. The molecule has 0 aliphatic heterocycles. The molecule has 8 heteroatoms. The molecule has 2 aromatic heterocycles. The monoisotopic (exact) mass is 405 g/mol. The van der Waals surface area contributed by atoms with Crippen molar-refractivity contribution in [2.75, 3.05) is 25.0 Å². The van der Waals surface area contributed by atoms with Gasteiger partial charge in [-0.05, 0) is 25.1 Å². The van der Waals surface area contributed by atoms with Crippen LogP contribution < -0.4 is 9.88 Å². The van der Waals surface area contributed by atoms with Crippen LogP contribution in [0.5, 0.6) is 0 Å². The summed E-state index contributed by atoms with van der Waals surface area (Å²) in [5.41, 5.74) is 1.00. The van der Waals surface area contributed by atoms with Gasteiger partial charge in [0, 0.05) is 19.2 Å². The van der Waals surface area contributed by atoms with E-state index in [1.54, 1.807) is 29.7 Å². The minimum atomic E-state index is -3.46. The smallest absolute Gasteiger partial charge is 0.255 e. The minimum Gasteiger partial charge on any atom is -0.255 e. The van der Waals surface area contributed by atoms with E-state index >= 15 is 0 Å². The van der Waals surface area contributed by atoms with E-state index in [1.165, 1.54) is 4.31 Å². The second-order valence-electron chi connectivity index (χ2n) is 6.31. The lowest BCUT2D eigenvalue weighted by Crippen LogP contribution is -2.32. The fourth-order valence-corrected chi connectivity index (χ4v) is 5.43. The highest BCUT2D eigenvalue weighted by molar-refractivity contribution is 7.89. The third-order valence-corrected chi connectivity index (χ3v) is 7.99. The molecule has 27 heavy (non-hydrogen) atoms. The number of hydrogen-bond donors (Lipinski definition) is 0. The number of benzene rings is 1.